The van der Waals surface area contributed by atoms with Crippen molar-refractivity contribution in [2.75, 3.05) is 0 Å². The minimum Gasteiger partial charge on any atom is -0.512 e. The minimum atomic E-state index is -1.83. The van der Waals surface area contributed by atoms with Crippen molar-refractivity contribution < 1.29 is 14.7 Å². The van der Waals surface area contributed by atoms with E-state index in [4.69, 9.17) is 4.65 Å². The molecule has 134 valence electrons. The normalized spacial score (nSPS) is 11.5. The summed E-state index contributed by atoms with van der Waals surface area (Å²) >= 11 is 0. The topological polar surface area (TPSA) is 49.7 Å². The van der Waals surface area contributed by atoms with Gasteiger partial charge in [0.05, 0.1) is 0 Å². The van der Waals surface area contributed by atoms with Crippen LogP contribution in [0.15, 0.2) is 36.4 Å². The fraction of sp³-hybridized carbons (Fsp3) is 0.429. The van der Waals surface area contributed by atoms with Crippen LogP contribution in [0.1, 0.15) is 76.0 Å². The Morgan fingerprint density at radius 1 is 0.800 bits per heavy atom. The van der Waals surface area contributed by atoms with E-state index < -0.39 is 7.32 Å². The fourth-order valence-electron chi connectivity index (χ4n) is 3.33. The Kier molecular flexibility index (Phi) is 6.31. The second kappa shape index (κ2) is 8.07. The molecule has 3 nitrogen and oxygen atoms in total. The van der Waals surface area contributed by atoms with E-state index in [1.54, 1.807) is 0 Å². The van der Waals surface area contributed by atoms with Crippen molar-refractivity contribution in [1.29, 1.82) is 0 Å². The largest absolute Gasteiger partial charge is 0.707 e. The highest BCUT2D eigenvalue weighted by molar-refractivity contribution is 6.33. The molecule has 0 radical (unpaired) electrons. The quantitative estimate of drug-likeness (QED) is 0.722. The molecule has 2 N–H and O–H groups in total. The average molecular weight is 340 g/mol. The van der Waals surface area contributed by atoms with E-state index in [1.807, 2.05) is 18.2 Å². The average Bonchev–Trinajstić information content (AvgIpc) is 2.53. The second-order valence-corrected chi connectivity index (χ2v) is 7.45. The number of hydrogen-bond donors (Lipinski definition) is 2. The van der Waals surface area contributed by atoms with Crippen LogP contribution < -0.4 is 4.65 Å². The first kappa shape index (κ1) is 19.5. The van der Waals surface area contributed by atoms with E-state index in [0.29, 0.717) is 11.7 Å². The molecule has 2 rings (SSSR count). The van der Waals surface area contributed by atoms with E-state index in [-0.39, 0.29) is 11.8 Å². The molecular weight excluding hydrogens is 311 g/mol. The summed E-state index contributed by atoms with van der Waals surface area (Å²) in [5.41, 5.74) is 5.58. The molecule has 0 saturated carbocycles. The third kappa shape index (κ3) is 4.25. The zero-order valence-corrected chi connectivity index (χ0v) is 16.1. The van der Waals surface area contributed by atoms with Gasteiger partial charge in [-0.1, -0.05) is 77.9 Å². The second-order valence-electron chi connectivity index (χ2n) is 7.45. The molecule has 0 aromatic heterocycles. The lowest BCUT2D eigenvalue weighted by Gasteiger charge is -2.27. The van der Waals surface area contributed by atoms with Crippen LogP contribution in [0.2, 0.25) is 0 Å². The maximum Gasteiger partial charge on any atom is 0.707 e. The SMILES string of the molecule is CC(C)c1cc(C(C)C)c(-c2ccccc2)c(C(C)C)c1OB(O)O. The molecule has 0 unspecified atom stereocenters. The Hall–Kier alpha value is -1.78. The van der Waals surface area contributed by atoms with Crippen LogP contribution in [0.5, 0.6) is 5.75 Å². The Labute approximate surface area is 151 Å². The van der Waals surface area contributed by atoms with E-state index in [9.17, 15) is 10.0 Å². The summed E-state index contributed by atoms with van der Waals surface area (Å²) in [6.45, 7) is 12.8. The maximum atomic E-state index is 9.49. The number of hydrogen-bond acceptors (Lipinski definition) is 3. The van der Waals surface area contributed by atoms with Crippen molar-refractivity contribution in [2.45, 2.75) is 59.3 Å². The smallest absolute Gasteiger partial charge is 0.512 e. The first-order valence-corrected chi connectivity index (χ1v) is 9.02. The molecule has 25 heavy (non-hydrogen) atoms. The van der Waals surface area contributed by atoms with Gasteiger partial charge in [-0.3, -0.25) is 0 Å². The van der Waals surface area contributed by atoms with Crippen molar-refractivity contribution in [3.05, 3.63) is 53.1 Å². The van der Waals surface area contributed by atoms with Crippen LogP contribution in [0.25, 0.3) is 11.1 Å². The van der Waals surface area contributed by atoms with E-state index in [2.05, 4.69) is 59.7 Å². The van der Waals surface area contributed by atoms with Crippen LogP contribution in [0, 0.1) is 0 Å². The molecule has 0 atom stereocenters. The van der Waals surface area contributed by atoms with E-state index in [0.717, 1.165) is 22.3 Å². The molecular formula is C21H29BO3. The summed E-state index contributed by atoms with van der Waals surface area (Å²) in [7, 11) is -1.83. The molecule has 0 bridgehead atoms. The highest BCUT2D eigenvalue weighted by Crippen LogP contribution is 2.45. The van der Waals surface area contributed by atoms with Crippen molar-refractivity contribution in [2.24, 2.45) is 0 Å². The van der Waals surface area contributed by atoms with Gasteiger partial charge in [0.1, 0.15) is 5.75 Å². The van der Waals surface area contributed by atoms with Crippen molar-refractivity contribution in [3.63, 3.8) is 0 Å². The van der Waals surface area contributed by atoms with Crippen LogP contribution in [-0.4, -0.2) is 17.4 Å². The predicted molar refractivity (Wildman–Crippen MR) is 105 cm³/mol. The molecule has 2 aromatic carbocycles. The summed E-state index contributed by atoms with van der Waals surface area (Å²) in [6.07, 6.45) is 0. The first-order valence-electron chi connectivity index (χ1n) is 9.02. The lowest BCUT2D eigenvalue weighted by molar-refractivity contribution is 0.285. The molecule has 0 amide bonds. The summed E-state index contributed by atoms with van der Waals surface area (Å²) in [5, 5.41) is 19.0. The lowest BCUT2D eigenvalue weighted by Crippen LogP contribution is -2.23. The molecule has 0 saturated heterocycles. The monoisotopic (exact) mass is 340 g/mol. The van der Waals surface area contributed by atoms with Gasteiger partial charge >= 0.3 is 7.32 Å². The summed E-state index contributed by atoms with van der Waals surface area (Å²) < 4.78 is 5.51. The molecule has 0 aliphatic rings. The molecule has 4 heteroatoms. The van der Waals surface area contributed by atoms with Crippen LogP contribution in [0.4, 0.5) is 0 Å². The summed E-state index contributed by atoms with van der Waals surface area (Å²) in [6, 6.07) is 12.4. The highest BCUT2D eigenvalue weighted by atomic mass is 16.6. The molecule has 0 aliphatic carbocycles. The maximum absolute atomic E-state index is 9.49. The van der Waals surface area contributed by atoms with Gasteiger partial charge in [-0.05, 0) is 40.0 Å². The van der Waals surface area contributed by atoms with E-state index in [1.165, 1.54) is 5.56 Å². The van der Waals surface area contributed by atoms with Crippen LogP contribution >= 0.6 is 0 Å². The molecule has 0 spiro atoms. The predicted octanol–water partition coefficient (Wildman–Crippen LogP) is 5.07. The van der Waals surface area contributed by atoms with Gasteiger partial charge in [0.2, 0.25) is 0 Å². The Morgan fingerprint density at radius 2 is 1.36 bits per heavy atom. The van der Waals surface area contributed by atoms with Gasteiger partial charge in [0.25, 0.3) is 0 Å². The van der Waals surface area contributed by atoms with Gasteiger partial charge in [-0.2, -0.15) is 0 Å². The van der Waals surface area contributed by atoms with E-state index >= 15 is 0 Å². The fourth-order valence-corrected chi connectivity index (χ4v) is 3.33. The third-order valence-electron chi connectivity index (χ3n) is 4.48. The summed E-state index contributed by atoms with van der Waals surface area (Å²) in [5.74, 6) is 1.34. The molecule has 0 aliphatic heterocycles. The van der Waals surface area contributed by atoms with Gasteiger partial charge in [0.15, 0.2) is 0 Å². The highest BCUT2D eigenvalue weighted by Gasteiger charge is 2.27. The van der Waals surface area contributed by atoms with Gasteiger partial charge < -0.3 is 14.7 Å². The standard InChI is InChI=1S/C21H29BO3/c1-13(2)17-12-18(14(3)4)21(25-22(23)24)19(15(5)6)20(17)16-10-8-7-9-11-16/h7-15,23-24H,1-6H3. The Bertz CT molecular complexity index is 707. The first-order chi connectivity index (χ1) is 11.7. The van der Waals surface area contributed by atoms with Crippen molar-refractivity contribution in [1.82, 2.24) is 0 Å². The number of rotatable bonds is 6. The van der Waals surface area contributed by atoms with Gasteiger partial charge in [-0.15, -0.1) is 0 Å². The van der Waals surface area contributed by atoms with Crippen LogP contribution in [-0.2, 0) is 0 Å². The lowest BCUT2D eigenvalue weighted by atomic mass is 9.80. The molecule has 0 fully saturated rings. The summed E-state index contributed by atoms with van der Waals surface area (Å²) in [4.78, 5) is 0. The molecule has 0 heterocycles. The van der Waals surface area contributed by atoms with Gasteiger partial charge in [-0.25, -0.2) is 0 Å². The van der Waals surface area contributed by atoms with Gasteiger partial charge in [0, 0.05) is 5.56 Å². The minimum absolute atomic E-state index is 0.181. The van der Waals surface area contributed by atoms with Crippen LogP contribution in [0.3, 0.4) is 0 Å². The number of benzene rings is 2. The van der Waals surface area contributed by atoms with Crippen molar-refractivity contribution >= 4 is 7.32 Å². The molecule has 2 aromatic rings. The Morgan fingerprint density at radius 3 is 1.80 bits per heavy atom. The zero-order valence-electron chi connectivity index (χ0n) is 16.1. The Balaban J connectivity index is 2.92. The van der Waals surface area contributed by atoms with Crippen molar-refractivity contribution in [3.8, 4) is 16.9 Å². The zero-order chi connectivity index (χ0) is 18.7. The third-order valence-corrected chi connectivity index (χ3v) is 4.48.